The molecule has 3 rings (SSSR count). The Kier molecular flexibility index (Phi) is 3.27. The van der Waals surface area contributed by atoms with Crippen LogP contribution in [0, 0.1) is 0 Å². The van der Waals surface area contributed by atoms with Gasteiger partial charge in [0.05, 0.1) is 18.9 Å². The highest BCUT2D eigenvalue weighted by Crippen LogP contribution is 2.14. The lowest BCUT2D eigenvalue weighted by atomic mass is 10.3. The number of tetrazole rings is 1. The van der Waals surface area contributed by atoms with Crippen LogP contribution in [0.3, 0.4) is 0 Å². The number of ether oxygens (including phenoxy) is 1. The second-order valence-corrected chi connectivity index (χ2v) is 4.09. The summed E-state index contributed by atoms with van der Waals surface area (Å²) in [6.07, 6.45) is 3.25. The lowest BCUT2D eigenvalue weighted by molar-refractivity contribution is 0.333. The smallest absolute Gasteiger partial charge is 0.199 e. The minimum atomic E-state index is 0.488. The van der Waals surface area contributed by atoms with Crippen LogP contribution in [0.5, 0.6) is 5.75 Å². The number of anilines is 2. The third-order valence-corrected chi connectivity index (χ3v) is 2.64. The lowest BCUT2D eigenvalue weighted by Crippen LogP contribution is -2.14. The van der Waals surface area contributed by atoms with Crippen LogP contribution in [0.1, 0.15) is 0 Å². The van der Waals surface area contributed by atoms with Crippen LogP contribution in [0.25, 0.3) is 5.65 Å². The summed E-state index contributed by atoms with van der Waals surface area (Å²) in [6.45, 7) is 1.08. The summed E-state index contributed by atoms with van der Waals surface area (Å²) in [6, 6.07) is 7.31. The van der Waals surface area contributed by atoms with E-state index in [2.05, 4.69) is 25.8 Å². The van der Waals surface area contributed by atoms with Crippen molar-refractivity contribution in [2.45, 2.75) is 0 Å². The molecule has 102 valence electrons. The average Bonchev–Trinajstić information content (AvgIpc) is 2.93. The molecule has 0 spiro atoms. The number of nitrogens with zero attached hydrogens (tertiary/aromatic N) is 5. The van der Waals surface area contributed by atoms with Crippen LogP contribution in [0.15, 0.2) is 36.7 Å². The molecule has 0 saturated heterocycles. The number of nitrogens with two attached hydrogens (primary N) is 1. The number of rotatable bonds is 5. The van der Waals surface area contributed by atoms with Gasteiger partial charge in [0.2, 0.25) is 0 Å². The summed E-state index contributed by atoms with van der Waals surface area (Å²) in [5, 5.41) is 14.4. The predicted molar refractivity (Wildman–Crippen MR) is 73.4 cm³/mol. The van der Waals surface area contributed by atoms with Crippen LogP contribution in [-0.4, -0.2) is 38.2 Å². The van der Waals surface area contributed by atoms with E-state index in [1.165, 1.54) is 0 Å². The minimum Gasteiger partial charge on any atom is -0.492 e. The van der Waals surface area contributed by atoms with Crippen LogP contribution < -0.4 is 15.8 Å². The van der Waals surface area contributed by atoms with Gasteiger partial charge >= 0.3 is 0 Å². The maximum atomic E-state index is 5.67. The number of hydrogen-bond acceptors (Lipinski definition) is 7. The molecule has 8 heteroatoms. The highest BCUT2D eigenvalue weighted by molar-refractivity contribution is 5.44. The minimum absolute atomic E-state index is 0.488. The molecule has 2 aromatic heterocycles. The first-order valence-electron chi connectivity index (χ1n) is 6.07. The van der Waals surface area contributed by atoms with Gasteiger partial charge in [0.25, 0.3) is 0 Å². The van der Waals surface area contributed by atoms with E-state index in [0.717, 1.165) is 5.75 Å². The number of hydrogen-bond donors (Lipinski definition) is 2. The average molecular weight is 271 g/mol. The SMILES string of the molecule is Nc1cccc(OCCNc2cncc3nnnn23)c1. The molecule has 8 nitrogen and oxygen atoms in total. The molecule has 0 aliphatic heterocycles. The molecular weight excluding hydrogens is 258 g/mol. The number of nitrogen functional groups attached to an aromatic ring is 1. The van der Waals surface area contributed by atoms with Crippen molar-refractivity contribution in [3.05, 3.63) is 36.7 Å². The number of aromatic nitrogens is 5. The van der Waals surface area contributed by atoms with Gasteiger partial charge < -0.3 is 15.8 Å². The van der Waals surface area contributed by atoms with Gasteiger partial charge in [-0.25, -0.2) is 0 Å². The van der Waals surface area contributed by atoms with Crippen LogP contribution in [0.2, 0.25) is 0 Å². The van der Waals surface area contributed by atoms with E-state index in [4.69, 9.17) is 10.5 Å². The Morgan fingerprint density at radius 1 is 1.30 bits per heavy atom. The van der Waals surface area contributed by atoms with Gasteiger partial charge in [-0.3, -0.25) is 4.98 Å². The molecule has 0 aliphatic carbocycles. The predicted octanol–water partition coefficient (Wildman–Crippen LogP) is 0.592. The zero-order valence-electron chi connectivity index (χ0n) is 10.6. The summed E-state index contributed by atoms with van der Waals surface area (Å²) >= 11 is 0. The quantitative estimate of drug-likeness (QED) is 0.517. The van der Waals surface area contributed by atoms with Gasteiger partial charge in [-0.15, -0.1) is 5.10 Å². The van der Waals surface area contributed by atoms with Gasteiger partial charge in [0.1, 0.15) is 12.4 Å². The van der Waals surface area contributed by atoms with Crippen molar-refractivity contribution in [2.24, 2.45) is 0 Å². The molecule has 0 bridgehead atoms. The van der Waals surface area contributed by atoms with Crippen molar-refractivity contribution in [2.75, 3.05) is 24.2 Å². The Bertz CT molecular complexity index is 712. The van der Waals surface area contributed by atoms with Gasteiger partial charge in [0, 0.05) is 11.8 Å². The molecule has 3 N–H and O–H groups in total. The fraction of sp³-hybridized carbons (Fsp3) is 0.167. The third kappa shape index (κ3) is 2.58. The summed E-state index contributed by atoms with van der Waals surface area (Å²) in [5.41, 5.74) is 6.94. The standard InChI is InChI=1S/C12H13N7O/c13-9-2-1-3-10(6-9)20-5-4-15-11-7-14-8-12-16-17-18-19(11)12/h1-3,6-8,15H,4-5,13H2. The first-order valence-corrected chi connectivity index (χ1v) is 6.07. The monoisotopic (exact) mass is 271 g/mol. The molecule has 0 amide bonds. The van der Waals surface area contributed by atoms with Crippen molar-refractivity contribution in [3.63, 3.8) is 0 Å². The van der Waals surface area contributed by atoms with Crippen LogP contribution >= 0.6 is 0 Å². The second-order valence-electron chi connectivity index (χ2n) is 4.09. The van der Waals surface area contributed by atoms with Crippen molar-refractivity contribution in [3.8, 4) is 5.75 Å². The lowest BCUT2D eigenvalue weighted by Gasteiger charge is -2.09. The number of benzene rings is 1. The summed E-state index contributed by atoms with van der Waals surface area (Å²) < 4.78 is 7.16. The second kappa shape index (κ2) is 5.39. The van der Waals surface area contributed by atoms with Gasteiger partial charge in [-0.1, -0.05) is 6.07 Å². The molecule has 1 aromatic carbocycles. The summed E-state index contributed by atoms with van der Waals surface area (Å²) in [5.74, 6) is 1.45. The van der Waals surface area contributed by atoms with Crippen LogP contribution in [0.4, 0.5) is 11.5 Å². The molecule has 2 heterocycles. The van der Waals surface area contributed by atoms with Crippen molar-refractivity contribution in [1.29, 1.82) is 0 Å². The van der Waals surface area contributed by atoms with Crippen molar-refractivity contribution < 1.29 is 4.74 Å². The molecule has 0 radical (unpaired) electrons. The maximum Gasteiger partial charge on any atom is 0.199 e. The zero-order chi connectivity index (χ0) is 13.8. The first kappa shape index (κ1) is 12.2. The molecule has 20 heavy (non-hydrogen) atoms. The molecular formula is C12H13N7O. The van der Waals surface area contributed by atoms with Crippen molar-refractivity contribution >= 4 is 17.2 Å². The largest absolute Gasteiger partial charge is 0.492 e. The molecule has 0 fully saturated rings. The zero-order valence-corrected chi connectivity index (χ0v) is 10.6. The fourth-order valence-electron chi connectivity index (χ4n) is 1.75. The molecule has 0 atom stereocenters. The maximum absolute atomic E-state index is 5.67. The fourth-order valence-corrected chi connectivity index (χ4v) is 1.75. The Labute approximate surface area is 114 Å². The molecule has 3 aromatic rings. The van der Waals surface area contributed by atoms with Gasteiger partial charge in [-0.05, 0) is 22.6 Å². The van der Waals surface area contributed by atoms with E-state index in [1.54, 1.807) is 23.0 Å². The number of nitrogens with one attached hydrogen (secondary N) is 1. The summed E-state index contributed by atoms with van der Waals surface area (Å²) in [4.78, 5) is 4.05. The van der Waals surface area contributed by atoms with E-state index in [0.29, 0.717) is 30.3 Å². The first-order chi connectivity index (χ1) is 9.83. The van der Waals surface area contributed by atoms with E-state index >= 15 is 0 Å². The van der Waals surface area contributed by atoms with Gasteiger partial charge in [0.15, 0.2) is 11.5 Å². The normalized spacial score (nSPS) is 10.6. The molecule has 0 saturated carbocycles. The Morgan fingerprint density at radius 2 is 2.25 bits per heavy atom. The summed E-state index contributed by atoms with van der Waals surface area (Å²) in [7, 11) is 0. The van der Waals surface area contributed by atoms with E-state index in [-0.39, 0.29) is 0 Å². The highest BCUT2D eigenvalue weighted by atomic mass is 16.5. The van der Waals surface area contributed by atoms with Crippen molar-refractivity contribution in [1.82, 2.24) is 25.0 Å². The molecule has 0 unspecified atom stereocenters. The van der Waals surface area contributed by atoms with Gasteiger partial charge in [-0.2, -0.15) is 4.52 Å². The number of fused-ring (bicyclic) bond motifs is 1. The van der Waals surface area contributed by atoms with Crippen LogP contribution in [-0.2, 0) is 0 Å². The Balaban J connectivity index is 1.56. The van der Waals surface area contributed by atoms with E-state index in [9.17, 15) is 0 Å². The Hall–Kier alpha value is -2.90. The van der Waals surface area contributed by atoms with E-state index in [1.807, 2.05) is 18.2 Å². The van der Waals surface area contributed by atoms with E-state index < -0.39 is 0 Å². The molecule has 0 aliphatic rings. The third-order valence-electron chi connectivity index (χ3n) is 2.64. The highest BCUT2D eigenvalue weighted by Gasteiger charge is 2.02. The topological polar surface area (TPSA) is 103 Å². The Morgan fingerprint density at radius 3 is 3.15 bits per heavy atom.